The number of hydrogen-bond acceptors (Lipinski definition) is 7. The highest BCUT2D eigenvalue weighted by molar-refractivity contribution is 5.87. The molecule has 3 heterocycles. The summed E-state index contributed by atoms with van der Waals surface area (Å²) in [6.45, 7) is 1.17. The second kappa shape index (κ2) is 8.38. The minimum atomic E-state index is -0.475. The molecule has 0 amide bonds. The number of β-amino-alcohol motifs (C(OH)–C–C–N with tert-alkyl or cyclic N) is 1. The smallest absolute Gasteiger partial charge is 0.318 e. The monoisotopic (exact) mass is 436 g/mol. The highest BCUT2D eigenvalue weighted by Gasteiger charge is 2.27. The van der Waals surface area contributed by atoms with Crippen LogP contribution in [0.25, 0.3) is 22.3 Å². The van der Waals surface area contributed by atoms with E-state index in [0.29, 0.717) is 24.0 Å². The van der Waals surface area contributed by atoms with Crippen molar-refractivity contribution < 1.29 is 10.0 Å². The molecule has 1 aliphatic carbocycles. The number of nitro groups is 1. The Bertz CT molecular complexity index is 1150. The molecule has 1 unspecified atom stereocenters. The van der Waals surface area contributed by atoms with Crippen molar-refractivity contribution in [2.24, 2.45) is 0 Å². The van der Waals surface area contributed by atoms with Crippen LogP contribution < -0.4 is 10.6 Å². The van der Waals surface area contributed by atoms with Crippen LogP contribution in [-0.4, -0.2) is 43.8 Å². The SMILES string of the molecule is Nc1cc(N2CCCC(O)C2)nc(-c2ccc3c(c2)ncn3C2CCCCC2)c1[N+](=O)[O-]. The Labute approximate surface area is 186 Å². The van der Waals surface area contributed by atoms with Gasteiger partial charge in [-0.25, -0.2) is 9.97 Å². The second-order valence-electron chi connectivity index (χ2n) is 8.91. The van der Waals surface area contributed by atoms with E-state index in [0.717, 1.165) is 43.3 Å². The molecule has 9 nitrogen and oxygen atoms in total. The highest BCUT2D eigenvalue weighted by atomic mass is 16.6. The van der Waals surface area contributed by atoms with Crippen LogP contribution >= 0.6 is 0 Å². The third-order valence-corrected chi connectivity index (χ3v) is 6.73. The van der Waals surface area contributed by atoms with Gasteiger partial charge in [0.15, 0.2) is 5.69 Å². The Morgan fingerprint density at radius 3 is 2.69 bits per heavy atom. The van der Waals surface area contributed by atoms with Gasteiger partial charge in [-0.2, -0.15) is 0 Å². The molecule has 2 fully saturated rings. The summed E-state index contributed by atoms with van der Waals surface area (Å²) in [7, 11) is 0. The van der Waals surface area contributed by atoms with Crippen LogP contribution in [0.3, 0.4) is 0 Å². The number of aliphatic hydroxyl groups is 1. The van der Waals surface area contributed by atoms with Crippen molar-refractivity contribution in [1.29, 1.82) is 0 Å². The van der Waals surface area contributed by atoms with Crippen LogP contribution in [0.15, 0.2) is 30.6 Å². The molecular weight excluding hydrogens is 408 g/mol. The zero-order valence-corrected chi connectivity index (χ0v) is 18.0. The molecule has 1 saturated heterocycles. The van der Waals surface area contributed by atoms with Gasteiger partial charge in [-0.15, -0.1) is 0 Å². The molecule has 32 heavy (non-hydrogen) atoms. The van der Waals surface area contributed by atoms with E-state index in [1.54, 1.807) is 0 Å². The van der Waals surface area contributed by atoms with Gasteiger partial charge in [0.2, 0.25) is 0 Å². The fraction of sp³-hybridized carbons (Fsp3) is 0.478. The van der Waals surface area contributed by atoms with Gasteiger partial charge in [0.05, 0.1) is 28.4 Å². The number of aromatic nitrogens is 3. The summed E-state index contributed by atoms with van der Waals surface area (Å²) in [5.41, 5.74) is 8.68. The quantitative estimate of drug-likeness (QED) is 0.467. The number of rotatable bonds is 4. The van der Waals surface area contributed by atoms with Crippen LogP contribution in [0.1, 0.15) is 51.0 Å². The number of imidazole rings is 1. The average Bonchev–Trinajstić information content (AvgIpc) is 3.22. The first kappa shape index (κ1) is 20.7. The first-order chi connectivity index (χ1) is 15.5. The van der Waals surface area contributed by atoms with Gasteiger partial charge >= 0.3 is 5.69 Å². The molecule has 9 heteroatoms. The summed E-state index contributed by atoms with van der Waals surface area (Å²) in [5, 5.41) is 21.9. The Kier molecular flexibility index (Phi) is 5.42. The third kappa shape index (κ3) is 3.77. The lowest BCUT2D eigenvalue weighted by Crippen LogP contribution is -2.38. The predicted octanol–water partition coefficient (Wildman–Crippen LogP) is 4.06. The fourth-order valence-corrected chi connectivity index (χ4v) is 5.09. The van der Waals surface area contributed by atoms with Crippen LogP contribution in [0.5, 0.6) is 0 Å². The van der Waals surface area contributed by atoms with Crippen LogP contribution in [0.2, 0.25) is 0 Å². The summed E-state index contributed by atoms with van der Waals surface area (Å²) in [4.78, 5) is 22.5. The minimum absolute atomic E-state index is 0.0721. The van der Waals surface area contributed by atoms with Crippen molar-refractivity contribution in [3.05, 3.63) is 40.7 Å². The van der Waals surface area contributed by atoms with Gasteiger partial charge in [0.25, 0.3) is 0 Å². The normalized spacial score (nSPS) is 20.0. The van der Waals surface area contributed by atoms with Gasteiger partial charge < -0.3 is 20.3 Å². The molecule has 1 atom stereocenters. The summed E-state index contributed by atoms with van der Waals surface area (Å²) in [6, 6.07) is 7.70. The van der Waals surface area contributed by atoms with Crippen LogP contribution in [-0.2, 0) is 0 Å². The molecular formula is C23H28N6O3. The fourth-order valence-electron chi connectivity index (χ4n) is 5.09. The Balaban J connectivity index is 1.57. The maximum absolute atomic E-state index is 11.8. The number of pyridine rings is 1. The highest BCUT2D eigenvalue weighted by Crippen LogP contribution is 2.38. The lowest BCUT2D eigenvalue weighted by atomic mass is 9.95. The number of benzene rings is 1. The van der Waals surface area contributed by atoms with Crippen LogP contribution in [0.4, 0.5) is 17.2 Å². The van der Waals surface area contributed by atoms with Gasteiger partial charge in [0, 0.05) is 30.8 Å². The summed E-state index contributed by atoms with van der Waals surface area (Å²) in [6.07, 6.45) is 9.07. The number of fused-ring (bicyclic) bond motifs is 1. The lowest BCUT2D eigenvalue weighted by Gasteiger charge is -2.31. The number of nitrogen functional groups attached to an aromatic ring is 1. The van der Waals surface area contributed by atoms with E-state index in [4.69, 9.17) is 5.73 Å². The van der Waals surface area contributed by atoms with Crippen LogP contribution in [0, 0.1) is 10.1 Å². The minimum Gasteiger partial charge on any atom is -0.393 e. The van der Waals surface area contributed by atoms with E-state index in [-0.39, 0.29) is 17.1 Å². The van der Waals surface area contributed by atoms with Crippen molar-refractivity contribution in [2.75, 3.05) is 23.7 Å². The summed E-state index contributed by atoms with van der Waals surface area (Å²) >= 11 is 0. The maximum atomic E-state index is 11.8. The molecule has 0 spiro atoms. The number of hydrogen-bond donors (Lipinski definition) is 2. The molecule has 2 aliphatic rings. The molecule has 3 N–H and O–H groups in total. The zero-order valence-electron chi connectivity index (χ0n) is 18.0. The maximum Gasteiger partial charge on any atom is 0.318 e. The third-order valence-electron chi connectivity index (χ3n) is 6.73. The zero-order chi connectivity index (χ0) is 22.2. The van der Waals surface area contributed by atoms with Crippen molar-refractivity contribution in [3.63, 3.8) is 0 Å². The molecule has 0 radical (unpaired) electrons. The van der Waals surface area contributed by atoms with E-state index >= 15 is 0 Å². The summed E-state index contributed by atoms with van der Waals surface area (Å²) in [5.74, 6) is 0.551. The first-order valence-corrected chi connectivity index (χ1v) is 11.4. The second-order valence-corrected chi connectivity index (χ2v) is 8.91. The standard InChI is InChI=1S/C23H28N6O3/c24-18-12-21(27-10-4-7-17(30)13-27)26-22(23(18)29(31)32)15-8-9-20-19(11-15)25-14-28(20)16-5-2-1-3-6-16/h8-9,11-12,14,16-17,30H,1-7,10,13H2,(H2,24,26). The van der Waals surface area contributed by atoms with E-state index in [2.05, 4.69) is 14.5 Å². The van der Waals surface area contributed by atoms with Gasteiger partial charge in [-0.1, -0.05) is 25.3 Å². The van der Waals surface area contributed by atoms with Gasteiger partial charge in [-0.05, 0) is 37.8 Å². The summed E-state index contributed by atoms with van der Waals surface area (Å²) < 4.78 is 2.24. The average molecular weight is 437 g/mol. The molecule has 1 saturated carbocycles. The number of piperidine rings is 1. The molecule has 1 aliphatic heterocycles. The topological polar surface area (TPSA) is 123 Å². The first-order valence-electron chi connectivity index (χ1n) is 11.4. The largest absolute Gasteiger partial charge is 0.393 e. The van der Waals surface area contributed by atoms with E-state index in [1.165, 1.54) is 25.3 Å². The number of nitrogens with zero attached hydrogens (tertiary/aromatic N) is 5. The number of aliphatic hydroxyl groups excluding tert-OH is 1. The Morgan fingerprint density at radius 2 is 1.94 bits per heavy atom. The molecule has 3 aromatic rings. The molecule has 0 bridgehead atoms. The number of anilines is 2. The predicted molar refractivity (Wildman–Crippen MR) is 124 cm³/mol. The van der Waals surface area contributed by atoms with Crippen molar-refractivity contribution in [1.82, 2.24) is 14.5 Å². The number of nitrogens with two attached hydrogens (primary N) is 1. The van der Waals surface area contributed by atoms with Gasteiger partial charge in [-0.3, -0.25) is 10.1 Å². The van der Waals surface area contributed by atoms with E-state index < -0.39 is 11.0 Å². The van der Waals surface area contributed by atoms with Crippen molar-refractivity contribution in [3.8, 4) is 11.3 Å². The molecule has 2 aromatic heterocycles. The lowest BCUT2D eigenvalue weighted by molar-refractivity contribution is -0.383. The van der Waals surface area contributed by atoms with Crippen molar-refractivity contribution >= 4 is 28.2 Å². The Morgan fingerprint density at radius 1 is 1.12 bits per heavy atom. The molecule has 1 aromatic carbocycles. The van der Waals surface area contributed by atoms with Gasteiger partial charge in [0.1, 0.15) is 11.5 Å². The van der Waals surface area contributed by atoms with E-state index in [9.17, 15) is 15.2 Å². The van der Waals surface area contributed by atoms with Crippen molar-refractivity contribution in [2.45, 2.75) is 57.1 Å². The molecule has 168 valence electrons. The van der Waals surface area contributed by atoms with E-state index in [1.807, 2.05) is 29.4 Å². The Hall–Kier alpha value is -3.20. The molecule has 5 rings (SSSR count).